The third-order valence-corrected chi connectivity index (χ3v) is 4.95. The van der Waals surface area contributed by atoms with Gasteiger partial charge in [0.1, 0.15) is 11.6 Å². The van der Waals surface area contributed by atoms with Gasteiger partial charge in [-0.05, 0) is 6.07 Å². The molecule has 0 saturated carbocycles. The Morgan fingerprint density at radius 2 is 1.69 bits per heavy atom. The van der Waals surface area contributed by atoms with Gasteiger partial charge in [-0.1, -0.05) is 48.5 Å². The second-order valence-corrected chi connectivity index (χ2v) is 6.88. The molecule has 2 aromatic carbocycles. The van der Waals surface area contributed by atoms with Crippen LogP contribution >= 0.6 is 0 Å². The van der Waals surface area contributed by atoms with Crippen molar-refractivity contribution < 1.29 is 9.18 Å². The Morgan fingerprint density at radius 3 is 2.41 bits per heavy atom. The van der Waals surface area contributed by atoms with Crippen LogP contribution < -0.4 is 10.2 Å². The maximum atomic E-state index is 14.0. The van der Waals surface area contributed by atoms with Crippen LogP contribution in [0, 0.1) is 5.82 Å². The van der Waals surface area contributed by atoms with Crippen LogP contribution in [0.1, 0.15) is 5.56 Å². The molecule has 0 unspecified atom stereocenters. The Balaban J connectivity index is 1.61. The van der Waals surface area contributed by atoms with E-state index in [0.717, 1.165) is 17.7 Å². The van der Waals surface area contributed by atoms with E-state index in [-0.39, 0.29) is 5.82 Å². The summed E-state index contributed by atoms with van der Waals surface area (Å²) in [5.74, 6) is 0.991. The zero-order valence-electron chi connectivity index (χ0n) is 16.0. The smallest absolute Gasteiger partial charge is 0.227 e. The normalized spacial score (nSPS) is 14.0. The van der Waals surface area contributed by atoms with Gasteiger partial charge in [0, 0.05) is 49.9 Å². The number of amides is 1. The zero-order valence-corrected chi connectivity index (χ0v) is 16.0. The quantitative estimate of drug-likeness (QED) is 0.654. The Labute approximate surface area is 169 Å². The molecule has 3 aromatic rings. The number of carbonyl (C=O) groups is 1. The minimum atomic E-state index is -0.248. The van der Waals surface area contributed by atoms with E-state index in [1.165, 1.54) is 6.07 Å². The van der Waals surface area contributed by atoms with Gasteiger partial charge in [0.25, 0.3) is 0 Å². The highest BCUT2D eigenvalue weighted by Crippen LogP contribution is 2.24. The molecule has 4 rings (SSSR count). The van der Waals surface area contributed by atoms with Crippen LogP contribution in [0.4, 0.5) is 16.2 Å². The number of hydrogen-bond acceptors (Lipinski definition) is 5. The summed E-state index contributed by atoms with van der Waals surface area (Å²) < 4.78 is 14.0. The average molecular weight is 391 g/mol. The molecule has 1 aromatic heterocycles. The fourth-order valence-corrected chi connectivity index (χ4v) is 3.28. The van der Waals surface area contributed by atoms with E-state index in [9.17, 15) is 9.18 Å². The molecule has 1 fully saturated rings. The summed E-state index contributed by atoms with van der Waals surface area (Å²) in [6.07, 6.45) is 0.875. The largest absolute Gasteiger partial charge is 0.366 e. The molecule has 0 atom stereocenters. The Morgan fingerprint density at radius 1 is 0.966 bits per heavy atom. The molecule has 0 bridgehead atoms. The number of benzene rings is 2. The molecular weight excluding hydrogens is 369 g/mol. The predicted molar refractivity (Wildman–Crippen MR) is 111 cm³/mol. The zero-order chi connectivity index (χ0) is 20.1. The second kappa shape index (κ2) is 8.68. The highest BCUT2D eigenvalue weighted by atomic mass is 19.1. The first-order valence-electron chi connectivity index (χ1n) is 9.59. The number of nitrogens with zero attached hydrogens (tertiary/aromatic N) is 4. The molecule has 1 amide bonds. The van der Waals surface area contributed by atoms with Gasteiger partial charge in [-0.2, -0.15) is 4.98 Å². The van der Waals surface area contributed by atoms with Crippen LogP contribution in [0.2, 0.25) is 0 Å². The van der Waals surface area contributed by atoms with Gasteiger partial charge in [0.2, 0.25) is 12.4 Å². The maximum Gasteiger partial charge on any atom is 0.227 e. The molecule has 0 radical (unpaired) electrons. The number of carbonyl (C=O) groups excluding carboxylic acids is 1. The molecule has 7 heteroatoms. The van der Waals surface area contributed by atoms with E-state index < -0.39 is 0 Å². The molecule has 0 spiro atoms. The number of piperazine rings is 1. The minimum Gasteiger partial charge on any atom is -0.366 e. The van der Waals surface area contributed by atoms with Gasteiger partial charge in [0.05, 0.1) is 5.69 Å². The fourth-order valence-electron chi connectivity index (χ4n) is 3.28. The van der Waals surface area contributed by atoms with Gasteiger partial charge in [-0.25, -0.2) is 9.37 Å². The standard InChI is InChI=1S/C22H22FN5O/c23-19-9-5-4-8-18(19)15-24-21-14-20(17-6-2-1-3-7-17)25-22(26-21)28-12-10-27(16-29)11-13-28/h1-9,14,16H,10-13,15H2,(H,24,25,26). The number of rotatable bonds is 6. The van der Waals surface area contributed by atoms with Crippen LogP contribution in [-0.2, 0) is 11.3 Å². The first kappa shape index (κ1) is 18.9. The third kappa shape index (κ3) is 4.51. The van der Waals surface area contributed by atoms with Gasteiger partial charge < -0.3 is 15.1 Å². The number of hydrogen-bond donors (Lipinski definition) is 1. The van der Waals surface area contributed by atoms with Gasteiger partial charge >= 0.3 is 0 Å². The van der Waals surface area contributed by atoms with Crippen molar-refractivity contribution in [2.24, 2.45) is 0 Å². The first-order chi connectivity index (χ1) is 14.2. The summed E-state index contributed by atoms with van der Waals surface area (Å²) in [5, 5.41) is 3.23. The second-order valence-electron chi connectivity index (χ2n) is 6.88. The molecule has 2 heterocycles. The van der Waals surface area contributed by atoms with E-state index in [0.29, 0.717) is 50.1 Å². The topological polar surface area (TPSA) is 61.4 Å². The van der Waals surface area contributed by atoms with E-state index in [1.807, 2.05) is 42.5 Å². The average Bonchev–Trinajstić information content (AvgIpc) is 2.79. The number of halogens is 1. The van der Waals surface area contributed by atoms with Crippen LogP contribution in [0.25, 0.3) is 11.3 Å². The Hall–Kier alpha value is -3.48. The first-order valence-corrected chi connectivity index (χ1v) is 9.59. The monoisotopic (exact) mass is 391 g/mol. The predicted octanol–water partition coefficient (Wildman–Crippen LogP) is 3.17. The van der Waals surface area contributed by atoms with Gasteiger partial charge in [-0.15, -0.1) is 0 Å². The highest BCUT2D eigenvalue weighted by molar-refractivity contribution is 5.64. The summed E-state index contributed by atoms with van der Waals surface area (Å²) in [6, 6.07) is 18.4. The lowest BCUT2D eigenvalue weighted by atomic mass is 10.1. The molecule has 29 heavy (non-hydrogen) atoms. The Kier molecular flexibility index (Phi) is 5.65. The molecule has 1 aliphatic rings. The maximum absolute atomic E-state index is 14.0. The van der Waals surface area contributed by atoms with Crippen LogP contribution in [0.15, 0.2) is 60.7 Å². The number of nitrogens with one attached hydrogen (secondary N) is 1. The highest BCUT2D eigenvalue weighted by Gasteiger charge is 2.19. The van der Waals surface area contributed by atoms with E-state index >= 15 is 0 Å². The van der Waals surface area contributed by atoms with Crippen molar-refractivity contribution in [3.8, 4) is 11.3 Å². The summed E-state index contributed by atoms with van der Waals surface area (Å²) in [7, 11) is 0. The van der Waals surface area contributed by atoms with Crippen molar-refractivity contribution in [1.29, 1.82) is 0 Å². The molecule has 6 nitrogen and oxygen atoms in total. The molecule has 1 N–H and O–H groups in total. The minimum absolute atomic E-state index is 0.248. The van der Waals surface area contributed by atoms with Crippen molar-refractivity contribution in [3.05, 3.63) is 72.0 Å². The lowest BCUT2D eigenvalue weighted by molar-refractivity contribution is -0.118. The molecule has 148 valence electrons. The summed E-state index contributed by atoms with van der Waals surface area (Å²) in [6.45, 7) is 2.95. The Bertz CT molecular complexity index is 974. The SMILES string of the molecule is O=CN1CCN(c2nc(NCc3ccccc3F)cc(-c3ccccc3)n2)CC1. The molecule has 0 aliphatic carbocycles. The summed E-state index contributed by atoms with van der Waals surface area (Å²) in [5.41, 5.74) is 2.36. The van der Waals surface area contributed by atoms with Crippen molar-refractivity contribution in [2.45, 2.75) is 6.54 Å². The lowest BCUT2D eigenvalue weighted by Gasteiger charge is -2.32. The third-order valence-electron chi connectivity index (χ3n) is 4.95. The van der Waals surface area contributed by atoms with Gasteiger partial charge in [0.15, 0.2) is 0 Å². The van der Waals surface area contributed by atoms with Crippen molar-refractivity contribution >= 4 is 18.2 Å². The van der Waals surface area contributed by atoms with Crippen LogP contribution in [0.5, 0.6) is 0 Å². The van der Waals surface area contributed by atoms with Crippen LogP contribution in [0.3, 0.4) is 0 Å². The van der Waals surface area contributed by atoms with E-state index in [4.69, 9.17) is 4.98 Å². The van der Waals surface area contributed by atoms with E-state index in [2.05, 4.69) is 15.2 Å². The fraction of sp³-hybridized carbons (Fsp3) is 0.227. The van der Waals surface area contributed by atoms with Crippen molar-refractivity contribution in [3.63, 3.8) is 0 Å². The van der Waals surface area contributed by atoms with Crippen molar-refractivity contribution in [1.82, 2.24) is 14.9 Å². The number of anilines is 2. The molecule has 1 aliphatic heterocycles. The summed E-state index contributed by atoms with van der Waals surface area (Å²) in [4.78, 5) is 24.2. The molecular formula is C22H22FN5O. The van der Waals surface area contributed by atoms with Gasteiger partial charge in [-0.3, -0.25) is 4.79 Å². The summed E-state index contributed by atoms with van der Waals surface area (Å²) >= 11 is 0. The number of aromatic nitrogens is 2. The van der Waals surface area contributed by atoms with Crippen LogP contribution in [-0.4, -0.2) is 47.5 Å². The molecule has 1 saturated heterocycles. The lowest BCUT2D eigenvalue weighted by Crippen LogP contribution is -2.46. The van der Waals surface area contributed by atoms with E-state index in [1.54, 1.807) is 17.0 Å². The van der Waals surface area contributed by atoms with Crippen molar-refractivity contribution in [2.75, 3.05) is 36.4 Å².